The van der Waals surface area contributed by atoms with Gasteiger partial charge in [-0.3, -0.25) is 4.79 Å². The van der Waals surface area contributed by atoms with Crippen LogP contribution in [-0.4, -0.2) is 23.5 Å². The molecule has 3 nitrogen and oxygen atoms in total. The molecular weight excluding hydrogens is 268 g/mol. The zero-order valence-electron chi connectivity index (χ0n) is 11.7. The van der Waals surface area contributed by atoms with Crippen molar-refractivity contribution in [2.75, 3.05) is 6.26 Å². The predicted molar refractivity (Wildman–Crippen MR) is 82.5 cm³/mol. The van der Waals surface area contributed by atoms with Gasteiger partial charge in [0.25, 0.3) is 0 Å². The lowest BCUT2D eigenvalue weighted by molar-refractivity contribution is -0.122. The molecule has 1 N–H and O–H groups in total. The molecule has 2 rings (SSSR count). The molecule has 0 heterocycles. The monoisotopic (exact) mass is 288 g/mol. The molecule has 1 atom stereocenters. The molecule has 0 aromatic heterocycles. The zero-order chi connectivity index (χ0) is 14.4. The molecule has 1 aromatic carbocycles. The molecule has 0 aliphatic heterocycles. The van der Waals surface area contributed by atoms with E-state index in [2.05, 4.69) is 17.6 Å². The van der Waals surface area contributed by atoms with E-state index in [-0.39, 0.29) is 11.9 Å². The summed E-state index contributed by atoms with van der Waals surface area (Å²) >= 11 is 1.91. The van der Waals surface area contributed by atoms with E-state index in [9.17, 15) is 10.1 Å². The molecule has 4 heteroatoms. The van der Waals surface area contributed by atoms with Crippen LogP contribution >= 0.6 is 11.8 Å². The number of thioether (sulfide) groups is 1. The van der Waals surface area contributed by atoms with E-state index in [4.69, 9.17) is 0 Å². The summed E-state index contributed by atoms with van der Waals surface area (Å²) < 4.78 is 0. The fraction of sp³-hybridized carbons (Fsp3) is 0.500. The lowest BCUT2D eigenvalue weighted by atomic mass is 9.93. The minimum absolute atomic E-state index is 0.161. The van der Waals surface area contributed by atoms with Crippen molar-refractivity contribution in [1.29, 1.82) is 5.26 Å². The maximum Gasteiger partial charge on any atom is 0.242 e. The number of hydrogen-bond acceptors (Lipinski definition) is 3. The van der Waals surface area contributed by atoms with Gasteiger partial charge in [0.05, 0.1) is 6.07 Å². The van der Waals surface area contributed by atoms with Crippen molar-refractivity contribution < 1.29 is 4.79 Å². The SMILES string of the molecule is CSC1CCC(NC(=O)C(C#N)c2ccccc2)CC1. The van der Waals surface area contributed by atoms with Crippen molar-refractivity contribution in [3.05, 3.63) is 35.9 Å². The van der Waals surface area contributed by atoms with Crippen molar-refractivity contribution in [2.45, 2.75) is 42.9 Å². The van der Waals surface area contributed by atoms with Crippen molar-refractivity contribution in [3.8, 4) is 6.07 Å². The van der Waals surface area contributed by atoms with Gasteiger partial charge in [-0.25, -0.2) is 0 Å². The van der Waals surface area contributed by atoms with Crippen LogP contribution in [0.1, 0.15) is 37.2 Å². The van der Waals surface area contributed by atoms with Gasteiger partial charge in [-0.1, -0.05) is 30.3 Å². The van der Waals surface area contributed by atoms with E-state index in [0.717, 1.165) is 36.5 Å². The molecule has 1 aliphatic carbocycles. The number of amides is 1. The third kappa shape index (κ3) is 3.77. The second-order valence-corrected chi connectivity index (χ2v) is 6.33. The topological polar surface area (TPSA) is 52.9 Å². The summed E-state index contributed by atoms with van der Waals surface area (Å²) in [5.74, 6) is -0.860. The lowest BCUT2D eigenvalue weighted by Gasteiger charge is -2.28. The minimum atomic E-state index is -0.700. The highest BCUT2D eigenvalue weighted by molar-refractivity contribution is 7.99. The van der Waals surface area contributed by atoms with Gasteiger partial charge in [0, 0.05) is 11.3 Å². The smallest absolute Gasteiger partial charge is 0.242 e. The van der Waals surface area contributed by atoms with Gasteiger partial charge in [0.2, 0.25) is 5.91 Å². The Morgan fingerprint density at radius 2 is 1.95 bits per heavy atom. The average Bonchev–Trinajstić information content (AvgIpc) is 2.50. The predicted octanol–water partition coefficient (Wildman–Crippen LogP) is 3.08. The summed E-state index contributed by atoms with van der Waals surface area (Å²) in [6.45, 7) is 0. The van der Waals surface area contributed by atoms with Crippen LogP contribution in [0.25, 0.3) is 0 Å². The van der Waals surface area contributed by atoms with Crippen LogP contribution in [0.4, 0.5) is 0 Å². The van der Waals surface area contributed by atoms with Gasteiger partial charge in [-0.05, 0) is 37.5 Å². The molecule has 0 radical (unpaired) electrons. The molecule has 0 saturated heterocycles. The first-order valence-electron chi connectivity index (χ1n) is 7.02. The van der Waals surface area contributed by atoms with Crippen LogP contribution in [0, 0.1) is 11.3 Å². The molecule has 0 bridgehead atoms. The Morgan fingerprint density at radius 1 is 1.30 bits per heavy atom. The number of carbonyl (C=O) groups excluding carboxylic acids is 1. The van der Waals surface area contributed by atoms with Gasteiger partial charge >= 0.3 is 0 Å². The maximum atomic E-state index is 12.3. The maximum absolute atomic E-state index is 12.3. The van der Waals surface area contributed by atoms with E-state index in [0.29, 0.717) is 0 Å². The van der Waals surface area contributed by atoms with E-state index >= 15 is 0 Å². The Morgan fingerprint density at radius 3 is 2.50 bits per heavy atom. The highest BCUT2D eigenvalue weighted by atomic mass is 32.2. The van der Waals surface area contributed by atoms with E-state index in [1.54, 1.807) is 0 Å². The fourth-order valence-corrected chi connectivity index (χ4v) is 3.40. The minimum Gasteiger partial charge on any atom is -0.352 e. The van der Waals surface area contributed by atoms with Crippen molar-refractivity contribution >= 4 is 17.7 Å². The van der Waals surface area contributed by atoms with Crippen LogP contribution in [0.15, 0.2) is 30.3 Å². The summed E-state index contributed by atoms with van der Waals surface area (Å²) in [7, 11) is 0. The molecule has 1 aliphatic rings. The number of rotatable bonds is 4. The first-order chi connectivity index (χ1) is 9.74. The van der Waals surface area contributed by atoms with Gasteiger partial charge < -0.3 is 5.32 Å². The number of nitrogens with one attached hydrogen (secondary N) is 1. The average molecular weight is 288 g/mol. The lowest BCUT2D eigenvalue weighted by Crippen LogP contribution is -2.40. The summed E-state index contributed by atoms with van der Waals surface area (Å²) in [6.07, 6.45) is 6.47. The second kappa shape index (κ2) is 7.35. The van der Waals surface area contributed by atoms with Crippen molar-refractivity contribution in [2.24, 2.45) is 0 Å². The number of nitriles is 1. The highest BCUT2D eigenvalue weighted by Gasteiger charge is 2.26. The molecule has 1 saturated carbocycles. The van der Waals surface area contributed by atoms with Gasteiger partial charge in [0.1, 0.15) is 5.92 Å². The molecule has 20 heavy (non-hydrogen) atoms. The van der Waals surface area contributed by atoms with E-state index in [1.807, 2.05) is 42.1 Å². The van der Waals surface area contributed by atoms with Crippen molar-refractivity contribution in [3.63, 3.8) is 0 Å². The van der Waals surface area contributed by atoms with E-state index in [1.165, 1.54) is 0 Å². The summed E-state index contributed by atoms with van der Waals surface area (Å²) in [5.41, 5.74) is 0.769. The summed E-state index contributed by atoms with van der Waals surface area (Å²) in [4.78, 5) is 12.3. The van der Waals surface area contributed by atoms with Crippen LogP contribution in [0.3, 0.4) is 0 Å². The highest BCUT2D eigenvalue weighted by Crippen LogP contribution is 2.27. The number of carbonyl (C=O) groups is 1. The van der Waals surface area contributed by atoms with Crippen LogP contribution in [0.2, 0.25) is 0 Å². The summed E-state index contributed by atoms with van der Waals surface area (Å²) in [5, 5.41) is 13.0. The molecular formula is C16H20N2OS. The quantitative estimate of drug-likeness (QED) is 0.926. The largest absolute Gasteiger partial charge is 0.352 e. The number of benzene rings is 1. The first kappa shape index (κ1) is 14.9. The van der Waals surface area contributed by atoms with Crippen molar-refractivity contribution in [1.82, 2.24) is 5.32 Å². The normalized spacial score (nSPS) is 23.6. The third-order valence-corrected chi connectivity index (χ3v) is 5.02. The molecule has 106 valence electrons. The van der Waals surface area contributed by atoms with Gasteiger partial charge in [0.15, 0.2) is 0 Å². The molecule has 0 spiro atoms. The summed E-state index contributed by atoms with van der Waals surface area (Å²) in [6, 6.07) is 11.6. The Balaban J connectivity index is 1.93. The Hall–Kier alpha value is -1.47. The Kier molecular flexibility index (Phi) is 5.49. The zero-order valence-corrected chi connectivity index (χ0v) is 12.5. The Labute approximate surface area is 124 Å². The van der Waals surface area contributed by atoms with Gasteiger partial charge in [-0.15, -0.1) is 0 Å². The molecule has 1 aromatic rings. The third-order valence-electron chi connectivity index (χ3n) is 3.88. The van der Waals surface area contributed by atoms with Crippen LogP contribution in [0.5, 0.6) is 0 Å². The standard InChI is InChI=1S/C16H20N2OS/c1-20-14-9-7-13(8-10-14)18-16(19)15(11-17)12-5-3-2-4-6-12/h2-6,13-15H,7-10H2,1H3,(H,18,19). The first-order valence-corrected chi connectivity index (χ1v) is 8.31. The number of hydrogen-bond donors (Lipinski definition) is 1. The second-order valence-electron chi connectivity index (χ2n) is 5.19. The Bertz CT molecular complexity index is 475. The van der Waals surface area contributed by atoms with E-state index < -0.39 is 5.92 Å². The number of nitrogens with zero attached hydrogens (tertiary/aromatic N) is 1. The van der Waals surface area contributed by atoms with Crippen LogP contribution < -0.4 is 5.32 Å². The molecule has 1 amide bonds. The molecule has 1 fully saturated rings. The molecule has 1 unspecified atom stereocenters. The van der Waals surface area contributed by atoms with Crippen LogP contribution in [-0.2, 0) is 4.79 Å². The van der Waals surface area contributed by atoms with Gasteiger partial charge in [-0.2, -0.15) is 17.0 Å². The fourth-order valence-electron chi connectivity index (χ4n) is 2.66.